The van der Waals surface area contributed by atoms with Crippen molar-refractivity contribution in [1.29, 1.82) is 0 Å². The predicted octanol–water partition coefficient (Wildman–Crippen LogP) is 3.01. The van der Waals surface area contributed by atoms with Gasteiger partial charge in [-0.05, 0) is 31.0 Å². The Morgan fingerprint density at radius 2 is 1.84 bits per heavy atom. The average Bonchev–Trinajstić information content (AvgIpc) is 2.67. The van der Waals surface area contributed by atoms with Crippen molar-refractivity contribution in [1.82, 2.24) is 20.6 Å². The van der Waals surface area contributed by atoms with Gasteiger partial charge in [0.05, 0.1) is 6.20 Å². The highest BCUT2D eigenvalue weighted by Gasteiger charge is 2.63. The summed E-state index contributed by atoms with van der Waals surface area (Å²) in [6.07, 6.45) is -2.52. The minimum absolute atomic E-state index is 0.00639. The van der Waals surface area contributed by atoms with Gasteiger partial charge in [-0.3, -0.25) is 25.2 Å². The first-order valence-corrected chi connectivity index (χ1v) is 9.16. The molecule has 0 aliphatic heterocycles. The number of carbonyl (C=O) groups is 3. The van der Waals surface area contributed by atoms with Crippen LogP contribution in [-0.2, 0) is 4.79 Å². The molecule has 1 saturated carbocycles. The van der Waals surface area contributed by atoms with Gasteiger partial charge in [0, 0.05) is 19.3 Å². The highest BCUT2D eigenvalue weighted by atomic mass is 19.4. The van der Waals surface area contributed by atoms with Crippen LogP contribution in [0.5, 0.6) is 11.5 Å². The molecule has 0 saturated heterocycles. The van der Waals surface area contributed by atoms with Crippen LogP contribution < -0.4 is 20.7 Å². The number of imide groups is 1. The molecule has 164 valence electrons. The molecule has 3 N–H and O–H groups in total. The van der Waals surface area contributed by atoms with Crippen LogP contribution in [0.3, 0.4) is 0 Å². The van der Waals surface area contributed by atoms with E-state index in [9.17, 15) is 27.6 Å². The summed E-state index contributed by atoms with van der Waals surface area (Å²) in [5.41, 5.74) is -2.37. The van der Waals surface area contributed by atoms with Crippen LogP contribution in [-0.4, -0.2) is 41.0 Å². The van der Waals surface area contributed by atoms with Crippen molar-refractivity contribution in [2.45, 2.75) is 25.4 Å². The molecule has 2 aromatic rings. The van der Waals surface area contributed by atoms with Gasteiger partial charge in [0.15, 0.2) is 0 Å². The summed E-state index contributed by atoms with van der Waals surface area (Å²) in [6.45, 7) is 0. The molecule has 1 fully saturated rings. The molecule has 0 bridgehead atoms. The molecule has 1 aliphatic rings. The fourth-order valence-corrected chi connectivity index (χ4v) is 2.92. The zero-order chi connectivity index (χ0) is 22.6. The molecule has 4 amide bonds. The Balaban J connectivity index is 1.59. The second-order valence-corrected chi connectivity index (χ2v) is 6.78. The molecule has 3 rings (SSSR count). The van der Waals surface area contributed by atoms with Gasteiger partial charge in [-0.25, -0.2) is 9.78 Å². The number of anilines is 1. The minimum Gasteiger partial charge on any atom is -0.456 e. The summed E-state index contributed by atoms with van der Waals surface area (Å²) >= 11 is 0. The molecule has 0 spiro atoms. The molecule has 1 aliphatic carbocycles. The maximum Gasteiger partial charge on any atom is 0.403 e. The number of amides is 4. The van der Waals surface area contributed by atoms with Crippen molar-refractivity contribution in [2.75, 3.05) is 12.4 Å². The monoisotopic (exact) mass is 437 g/mol. The summed E-state index contributed by atoms with van der Waals surface area (Å²) < 4.78 is 45.0. The summed E-state index contributed by atoms with van der Waals surface area (Å²) in [4.78, 5) is 43.3. The highest BCUT2D eigenvalue weighted by molar-refractivity contribution is 6.03. The summed E-state index contributed by atoms with van der Waals surface area (Å²) in [7, 11) is 1.46. The van der Waals surface area contributed by atoms with Gasteiger partial charge in [-0.15, -0.1) is 0 Å². The normalized spacial score (nSPS) is 14.7. The van der Waals surface area contributed by atoms with Crippen LogP contribution in [0.4, 0.5) is 23.8 Å². The average molecular weight is 437 g/mol. The molecule has 0 radical (unpaired) electrons. The minimum atomic E-state index is -4.72. The number of hydrogen-bond acceptors (Lipinski definition) is 6. The Bertz CT molecular complexity index is 991. The highest BCUT2D eigenvalue weighted by Crippen LogP contribution is 2.53. The molecule has 2 heterocycles. The van der Waals surface area contributed by atoms with Crippen LogP contribution in [0.1, 0.15) is 29.8 Å². The Morgan fingerprint density at radius 3 is 2.39 bits per heavy atom. The van der Waals surface area contributed by atoms with E-state index < -0.39 is 29.4 Å². The van der Waals surface area contributed by atoms with E-state index in [-0.39, 0.29) is 36.5 Å². The van der Waals surface area contributed by atoms with Gasteiger partial charge >= 0.3 is 12.2 Å². The second-order valence-electron chi connectivity index (χ2n) is 6.78. The van der Waals surface area contributed by atoms with Gasteiger partial charge in [-0.1, -0.05) is 6.42 Å². The Morgan fingerprint density at radius 1 is 1.10 bits per heavy atom. The van der Waals surface area contributed by atoms with Gasteiger partial charge in [-0.2, -0.15) is 13.2 Å². The number of rotatable bonds is 5. The summed E-state index contributed by atoms with van der Waals surface area (Å²) in [5.74, 6) is -1.20. The topological polar surface area (TPSA) is 122 Å². The number of pyridine rings is 2. The number of ether oxygens (including phenoxy) is 1. The van der Waals surface area contributed by atoms with Crippen molar-refractivity contribution in [3.8, 4) is 11.5 Å². The van der Waals surface area contributed by atoms with E-state index in [4.69, 9.17) is 4.74 Å². The summed E-state index contributed by atoms with van der Waals surface area (Å²) in [6, 6.07) is 4.60. The molecule has 9 nitrogen and oxygen atoms in total. The van der Waals surface area contributed by atoms with Crippen LogP contribution in [0, 0.1) is 5.41 Å². The SMILES string of the molecule is CNC(=O)c1cc(Oc2ccc(NC(=O)NC(=O)C3(C(F)(F)F)CCC3)nc2)ccn1. The number of nitrogens with zero attached hydrogens (tertiary/aromatic N) is 2. The molecule has 31 heavy (non-hydrogen) atoms. The number of alkyl halides is 3. The van der Waals surface area contributed by atoms with Gasteiger partial charge in [0.25, 0.3) is 5.91 Å². The number of carbonyl (C=O) groups excluding carboxylic acids is 3. The quantitative estimate of drug-likeness (QED) is 0.661. The molecule has 0 atom stereocenters. The lowest BCUT2D eigenvalue weighted by molar-refractivity contribution is -0.242. The zero-order valence-electron chi connectivity index (χ0n) is 16.2. The molecular weight excluding hydrogens is 419 g/mol. The maximum absolute atomic E-state index is 13.2. The third-order valence-corrected chi connectivity index (χ3v) is 4.82. The van der Waals surface area contributed by atoms with E-state index in [2.05, 4.69) is 20.6 Å². The van der Waals surface area contributed by atoms with Crippen LogP contribution >= 0.6 is 0 Å². The molecule has 0 unspecified atom stereocenters. The number of halogens is 3. The van der Waals surface area contributed by atoms with Crippen molar-refractivity contribution in [3.05, 3.63) is 42.4 Å². The molecule has 2 aromatic heterocycles. The lowest BCUT2D eigenvalue weighted by Crippen LogP contribution is -2.56. The fraction of sp³-hybridized carbons (Fsp3) is 0.316. The number of urea groups is 1. The maximum atomic E-state index is 13.2. The van der Waals surface area contributed by atoms with Crippen molar-refractivity contribution in [2.24, 2.45) is 5.41 Å². The van der Waals surface area contributed by atoms with E-state index in [0.717, 1.165) is 0 Å². The van der Waals surface area contributed by atoms with Crippen molar-refractivity contribution >= 4 is 23.7 Å². The Kier molecular flexibility index (Phi) is 6.09. The van der Waals surface area contributed by atoms with Crippen LogP contribution in [0.2, 0.25) is 0 Å². The van der Waals surface area contributed by atoms with Crippen molar-refractivity contribution < 1.29 is 32.3 Å². The Hall–Kier alpha value is -3.70. The molecule has 12 heteroatoms. The predicted molar refractivity (Wildman–Crippen MR) is 101 cm³/mol. The van der Waals surface area contributed by atoms with Gasteiger partial charge in [0.1, 0.15) is 28.4 Å². The standard InChI is InChI=1S/C19H18F3N5O4/c1-23-15(28)13-9-11(5-8-24-13)31-12-3-4-14(25-10-12)26-17(30)27-16(29)18(6-2-7-18)19(20,21)22/h3-5,8-10H,2,6-7H2,1H3,(H,23,28)(H2,25,26,27,29,30). The fourth-order valence-electron chi connectivity index (χ4n) is 2.92. The number of nitrogens with one attached hydrogen (secondary N) is 3. The van der Waals surface area contributed by atoms with Gasteiger partial charge < -0.3 is 10.1 Å². The summed E-state index contributed by atoms with van der Waals surface area (Å²) in [5, 5.41) is 6.36. The van der Waals surface area contributed by atoms with Crippen LogP contribution in [0.25, 0.3) is 0 Å². The lowest BCUT2D eigenvalue weighted by atomic mass is 9.67. The van der Waals surface area contributed by atoms with Crippen molar-refractivity contribution in [3.63, 3.8) is 0 Å². The first kappa shape index (κ1) is 22.0. The molecule has 0 aromatic carbocycles. The first-order chi connectivity index (χ1) is 14.6. The van der Waals surface area contributed by atoms with Crippen LogP contribution in [0.15, 0.2) is 36.7 Å². The zero-order valence-corrected chi connectivity index (χ0v) is 16.2. The first-order valence-electron chi connectivity index (χ1n) is 9.16. The van der Waals surface area contributed by atoms with E-state index in [0.29, 0.717) is 5.75 Å². The Labute approximate surface area is 174 Å². The molecular formula is C19H18F3N5O4. The second kappa shape index (κ2) is 8.58. The van der Waals surface area contributed by atoms with E-state index in [1.165, 1.54) is 43.7 Å². The largest absolute Gasteiger partial charge is 0.456 e. The van der Waals surface area contributed by atoms with E-state index in [1.54, 1.807) is 5.32 Å². The third kappa shape index (κ3) is 4.73. The van der Waals surface area contributed by atoms with Gasteiger partial charge in [0.2, 0.25) is 5.91 Å². The third-order valence-electron chi connectivity index (χ3n) is 4.82. The number of aromatic nitrogens is 2. The number of hydrogen-bond donors (Lipinski definition) is 3. The lowest BCUT2D eigenvalue weighted by Gasteiger charge is -2.40. The van der Waals surface area contributed by atoms with E-state index in [1.807, 2.05) is 0 Å². The smallest absolute Gasteiger partial charge is 0.403 e. The van der Waals surface area contributed by atoms with E-state index >= 15 is 0 Å².